The van der Waals surface area contributed by atoms with E-state index in [1.807, 2.05) is 28.8 Å². The van der Waals surface area contributed by atoms with Crippen LogP contribution in [-0.2, 0) is 13.1 Å². The molecule has 0 amide bonds. The van der Waals surface area contributed by atoms with Gasteiger partial charge >= 0.3 is 0 Å². The van der Waals surface area contributed by atoms with Gasteiger partial charge in [0.1, 0.15) is 18.4 Å². The minimum atomic E-state index is -0.0115. The second-order valence-electron chi connectivity index (χ2n) is 6.14. The summed E-state index contributed by atoms with van der Waals surface area (Å²) >= 11 is 0. The number of hydrogen-bond acceptors (Lipinski definition) is 4. The van der Waals surface area contributed by atoms with Crippen LogP contribution in [0.4, 0.5) is 0 Å². The Morgan fingerprint density at radius 1 is 1.16 bits per heavy atom. The molecular weight excluding hydrogens is 316 g/mol. The molecule has 0 N–H and O–H groups in total. The maximum absolute atomic E-state index is 13.2. The highest BCUT2D eigenvalue weighted by molar-refractivity contribution is 5.86. The van der Waals surface area contributed by atoms with Gasteiger partial charge in [0, 0.05) is 11.9 Å². The Morgan fingerprint density at radius 3 is 2.72 bits per heavy atom. The fourth-order valence-corrected chi connectivity index (χ4v) is 3.20. The van der Waals surface area contributed by atoms with Gasteiger partial charge in [0.2, 0.25) is 0 Å². The predicted molar refractivity (Wildman–Crippen MR) is 98.0 cm³/mol. The topological polar surface area (TPSA) is 61.9 Å². The Morgan fingerprint density at radius 2 is 2.00 bits per heavy atom. The average Bonchev–Trinajstić information content (AvgIpc) is 3.14. The Kier molecular flexibility index (Phi) is 5.48. The first-order valence-corrected chi connectivity index (χ1v) is 8.77. The van der Waals surface area contributed by atoms with Gasteiger partial charge in [-0.1, -0.05) is 38.3 Å². The standard InChI is InChI=1S/C19H24N4O2/c1-3-4-5-8-11-23-17-10-7-6-9-15(17)18(25-2)16(19(23)24)12-22-14-20-13-21-22/h6-7,9-10,13-14H,3-5,8,11-12H2,1-2H3. The smallest absolute Gasteiger partial charge is 0.259 e. The number of fused-ring (bicyclic) bond motifs is 1. The molecule has 0 bridgehead atoms. The Labute approximate surface area is 147 Å². The van der Waals surface area contributed by atoms with Gasteiger partial charge in [-0.15, -0.1) is 0 Å². The van der Waals surface area contributed by atoms with Crippen molar-refractivity contribution in [2.24, 2.45) is 0 Å². The number of ether oxygens (including phenoxy) is 1. The van der Waals surface area contributed by atoms with E-state index < -0.39 is 0 Å². The lowest BCUT2D eigenvalue weighted by molar-refractivity contribution is 0.409. The largest absolute Gasteiger partial charge is 0.495 e. The van der Waals surface area contributed by atoms with Crippen LogP contribution in [0.3, 0.4) is 0 Å². The Hall–Kier alpha value is -2.63. The van der Waals surface area contributed by atoms with Gasteiger partial charge in [-0.05, 0) is 18.6 Å². The van der Waals surface area contributed by atoms with Gasteiger partial charge in [-0.3, -0.25) is 4.79 Å². The van der Waals surface area contributed by atoms with Crippen molar-refractivity contribution < 1.29 is 4.74 Å². The number of pyridine rings is 1. The fourth-order valence-electron chi connectivity index (χ4n) is 3.20. The number of aromatic nitrogens is 4. The molecule has 2 aromatic heterocycles. The van der Waals surface area contributed by atoms with E-state index in [1.165, 1.54) is 19.2 Å². The van der Waals surface area contributed by atoms with E-state index in [2.05, 4.69) is 17.0 Å². The molecule has 0 atom stereocenters. The van der Waals surface area contributed by atoms with E-state index in [-0.39, 0.29) is 5.56 Å². The van der Waals surface area contributed by atoms with Crippen LogP contribution in [0.2, 0.25) is 0 Å². The number of hydrogen-bond donors (Lipinski definition) is 0. The highest BCUT2D eigenvalue weighted by Crippen LogP contribution is 2.28. The van der Waals surface area contributed by atoms with Crippen molar-refractivity contribution in [3.8, 4) is 5.75 Å². The molecule has 0 fully saturated rings. The molecule has 0 unspecified atom stereocenters. The first-order chi connectivity index (χ1) is 12.3. The molecule has 0 aliphatic heterocycles. The van der Waals surface area contributed by atoms with Gasteiger partial charge in [0.25, 0.3) is 5.56 Å². The number of nitrogens with zero attached hydrogens (tertiary/aromatic N) is 4. The molecular formula is C19H24N4O2. The van der Waals surface area contributed by atoms with Gasteiger partial charge in [0.05, 0.1) is 24.7 Å². The number of rotatable bonds is 8. The highest BCUT2D eigenvalue weighted by Gasteiger charge is 2.17. The molecule has 0 radical (unpaired) electrons. The van der Waals surface area contributed by atoms with Crippen LogP contribution in [0.25, 0.3) is 10.9 Å². The maximum atomic E-state index is 13.2. The number of para-hydroxylation sites is 1. The first kappa shape index (κ1) is 17.2. The third-order valence-electron chi connectivity index (χ3n) is 4.44. The van der Waals surface area contributed by atoms with Gasteiger partial charge in [-0.2, -0.15) is 5.10 Å². The van der Waals surface area contributed by atoms with Crippen molar-refractivity contribution in [1.82, 2.24) is 19.3 Å². The summed E-state index contributed by atoms with van der Waals surface area (Å²) in [5.74, 6) is 0.626. The van der Waals surface area contributed by atoms with Crippen LogP contribution >= 0.6 is 0 Å². The molecule has 2 heterocycles. The van der Waals surface area contributed by atoms with Crippen LogP contribution in [0.5, 0.6) is 5.75 Å². The quantitative estimate of drug-likeness (QED) is 0.591. The SMILES string of the molecule is CCCCCCn1c(=O)c(Cn2cncn2)c(OC)c2ccccc21. The Balaban J connectivity index is 2.10. The first-order valence-electron chi connectivity index (χ1n) is 8.77. The number of aryl methyl sites for hydroxylation is 1. The molecule has 0 aliphatic rings. The molecule has 6 nitrogen and oxygen atoms in total. The summed E-state index contributed by atoms with van der Waals surface area (Å²) < 4.78 is 9.13. The molecule has 0 saturated carbocycles. The van der Waals surface area contributed by atoms with Crippen LogP contribution in [0.1, 0.15) is 38.2 Å². The van der Waals surface area contributed by atoms with Crippen molar-refractivity contribution >= 4 is 10.9 Å². The summed E-state index contributed by atoms with van der Waals surface area (Å²) in [6.07, 6.45) is 7.56. The van der Waals surface area contributed by atoms with Gasteiger partial charge < -0.3 is 9.30 Å². The number of methoxy groups -OCH3 is 1. The second-order valence-corrected chi connectivity index (χ2v) is 6.14. The van der Waals surface area contributed by atoms with E-state index in [0.29, 0.717) is 24.4 Å². The van der Waals surface area contributed by atoms with E-state index in [9.17, 15) is 4.79 Å². The lowest BCUT2D eigenvalue weighted by Crippen LogP contribution is -2.27. The third-order valence-corrected chi connectivity index (χ3v) is 4.44. The van der Waals surface area contributed by atoms with Crippen LogP contribution in [0.15, 0.2) is 41.7 Å². The van der Waals surface area contributed by atoms with Gasteiger partial charge in [0.15, 0.2) is 0 Å². The zero-order chi connectivity index (χ0) is 17.6. The van der Waals surface area contributed by atoms with Crippen molar-refractivity contribution in [2.45, 2.75) is 45.7 Å². The fraction of sp³-hybridized carbons (Fsp3) is 0.421. The summed E-state index contributed by atoms with van der Waals surface area (Å²) in [7, 11) is 1.61. The summed E-state index contributed by atoms with van der Waals surface area (Å²) in [5, 5.41) is 5.08. The number of unbranched alkanes of at least 4 members (excludes halogenated alkanes) is 3. The molecule has 0 saturated heterocycles. The maximum Gasteiger partial charge on any atom is 0.259 e. The van der Waals surface area contributed by atoms with Crippen molar-refractivity contribution in [3.63, 3.8) is 0 Å². The highest BCUT2D eigenvalue weighted by atomic mass is 16.5. The summed E-state index contributed by atoms with van der Waals surface area (Å²) in [6, 6.07) is 7.91. The van der Waals surface area contributed by atoms with Crippen LogP contribution in [0, 0.1) is 0 Å². The van der Waals surface area contributed by atoms with Crippen molar-refractivity contribution in [3.05, 3.63) is 52.8 Å². The predicted octanol–water partition coefficient (Wildman–Crippen LogP) is 3.23. The normalized spacial score (nSPS) is 11.1. The minimum Gasteiger partial charge on any atom is -0.495 e. The van der Waals surface area contributed by atoms with E-state index in [1.54, 1.807) is 18.1 Å². The number of benzene rings is 1. The minimum absolute atomic E-state index is 0.0115. The van der Waals surface area contributed by atoms with E-state index in [4.69, 9.17) is 4.74 Å². The zero-order valence-corrected chi connectivity index (χ0v) is 14.8. The summed E-state index contributed by atoms with van der Waals surface area (Å²) in [6.45, 7) is 3.25. The van der Waals surface area contributed by atoms with Gasteiger partial charge in [-0.25, -0.2) is 9.67 Å². The summed E-state index contributed by atoms with van der Waals surface area (Å²) in [4.78, 5) is 17.1. The second kappa shape index (κ2) is 7.96. The molecule has 132 valence electrons. The molecule has 0 spiro atoms. The van der Waals surface area contributed by atoms with E-state index >= 15 is 0 Å². The van der Waals surface area contributed by atoms with Crippen molar-refractivity contribution in [2.75, 3.05) is 7.11 Å². The van der Waals surface area contributed by atoms with Crippen LogP contribution in [-0.4, -0.2) is 26.4 Å². The molecule has 0 aliphatic carbocycles. The Bertz CT molecular complexity index is 884. The lowest BCUT2D eigenvalue weighted by Gasteiger charge is -2.17. The average molecular weight is 340 g/mol. The zero-order valence-electron chi connectivity index (χ0n) is 14.8. The molecule has 3 rings (SSSR count). The van der Waals surface area contributed by atoms with Crippen LogP contribution < -0.4 is 10.3 Å². The lowest BCUT2D eigenvalue weighted by atomic mass is 10.1. The molecule has 25 heavy (non-hydrogen) atoms. The van der Waals surface area contributed by atoms with E-state index in [0.717, 1.165) is 23.7 Å². The monoisotopic (exact) mass is 340 g/mol. The summed E-state index contributed by atoms with van der Waals surface area (Å²) in [5.41, 5.74) is 1.52. The molecule has 1 aromatic carbocycles. The molecule has 6 heteroatoms. The van der Waals surface area contributed by atoms with Crippen molar-refractivity contribution in [1.29, 1.82) is 0 Å². The third kappa shape index (κ3) is 3.57. The molecule has 3 aromatic rings.